The summed E-state index contributed by atoms with van der Waals surface area (Å²) in [5.41, 5.74) is 1.35. The Balaban J connectivity index is 1.75. The zero-order valence-corrected chi connectivity index (χ0v) is 13.1. The van der Waals surface area contributed by atoms with E-state index in [0.29, 0.717) is 30.2 Å². The molecule has 0 radical (unpaired) electrons. The number of carbonyl (C=O) groups is 1. The van der Waals surface area contributed by atoms with Gasteiger partial charge in [0, 0.05) is 24.4 Å². The van der Waals surface area contributed by atoms with Crippen molar-refractivity contribution in [3.05, 3.63) is 48.0 Å². The first kappa shape index (κ1) is 14.0. The van der Waals surface area contributed by atoms with E-state index in [1.807, 2.05) is 6.92 Å². The van der Waals surface area contributed by atoms with Crippen molar-refractivity contribution in [2.75, 3.05) is 0 Å². The van der Waals surface area contributed by atoms with Crippen molar-refractivity contribution in [1.29, 1.82) is 0 Å². The van der Waals surface area contributed by atoms with Crippen LogP contribution in [0.1, 0.15) is 44.1 Å². The second kappa shape index (κ2) is 5.51. The molecule has 2 heteroatoms. The van der Waals surface area contributed by atoms with Gasteiger partial charge in [-0.15, -0.1) is 0 Å². The van der Waals surface area contributed by atoms with Crippen LogP contribution in [0.15, 0.2) is 42.5 Å². The number of rotatable bonds is 3. The average Bonchev–Trinajstić information content (AvgIpc) is 2.95. The first-order chi connectivity index (χ1) is 10.8. The Morgan fingerprint density at radius 1 is 1.14 bits per heavy atom. The van der Waals surface area contributed by atoms with Gasteiger partial charge in [-0.3, -0.25) is 4.79 Å². The highest BCUT2D eigenvalue weighted by atomic mass is 16.1. The van der Waals surface area contributed by atoms with Crippen LogP contribution in [0.2, 0.25) is 0 Å². The van der Waals surface area contributed by atoms with Crippen LogP contribution in [0.3, 0.4) is 0 Å². The first-order valence-electron chi connectivity index (χ1n) is 8.53. The molecular weight excluding hydrogens is 270 g/mol. The van der Waals surface area contributed by atoms with Crippen LogP contribution in [0.25, 0.3) is 10.8 Å². The van der Waals surface area contributed by atoms with E-state index in [4.69, 9.17) is 0 Å². The maximum Gasteiger partial charge on any atom is 0.137 e. The van der Waals surface area contributed by atoms with Crippen molar-refractivity contribution < 1.29 is 4.79 Å². The Hall–Kier alpha value is -1.67. The van der Waals surface area contributed by atoms with Crippen LogP contribution >= 0.6 is 0 Å². The number of fused-ring (bicyclic) bond motifs is 3. The molecule has 2 aromatic carbocycles. The molecule has 2 fully saturated rings. The molecule has 2 nitrogen and oxygen atoms in total. The van der Waals surface area contributed by atoms with Gasteiger partial charge in [0.05, 0.1) is 0 Å². The minimum atomic E-state index is 0.157. The van der Waals surface area contributed by atoms with Crippen molar-refractivity contribution in [2.24, 2.45) is 5.92 Å². The Morgan fingerprint density at radius 2 is 1.95 bits per heavy atom. The van der Waals surface area contributed by atoms with Crippen molar-refractivity contribution in [3.8, 4) is 0 Å². The van der Waals surface area contributed by atoms with Crippen LogP contribution in [0.4, 0.5) is 0 Å². The summed E-state index contributed by atoms with van der Waals surface area (Å²) in [4.78, 5) is 12.6. The zero-order valence-electron chi connectivity index (χ0n) is 13.1. The summed E-state index contributed by atoms with van der Waals surface area (Å²) in [6.45, 7) is 2.00. The van der Waals surface area contributed by atoms with Crippen LogP contribution in [-0.2, 0) is 4.79 Å². The number of Topliss-reactive ketones (excluding diaryl/α,β-unsaturated/α-hetero) is 1. The highest BCUT2D eigenvalue weighted by Gasteiger charge is 2.44. The topological polar surface area (TPSA) is 29.1 Å². The minimum absolute atomic E-state index is 0.157. The fraction of sp³-hybridized carbons (Fsp3) is 0.450. The molecule has 2 saturated heterocycles. The largest absolute Gasteiger partial charge is 0.310 e. The number of carbonyl (C=O) groups excluding carboxylic acids is 1. The van der Waals surface area contributed by atoms with Gasteiger partial charge in [-0.2, -0.15) is 0 Å². The number of benzene rings is 2. The molecule has 2 bridgehead atoms. The maximum absolute atomic E-state index is 12.6. The molecule has 2 aliphatic heterocycles. The summed E-state index contributed by atoms with van der Waals surface area (Å²) >= 11 is 0. The molecule has 22 heavy (non-hydrogen) atoms. The van der Waals surface area contributed by atoms with E-state index >= 15 is 0 Å². The number of ketones is 1. The summed E-state index contributed by atoms with van der Waals surface area (Å²) in [6.07, 6.45) is 4.14. The SMILES string of the molecule is CCC(=O)[C@H]1[C@@H](c2ccc3ccccc3c2)C[C@@H]2CC[C@H]1N2. The Bertz CT molecular complexity index is 708. The Labute approximate surface area is 131 Å². The van der Waals surface area contributed by atoms with Gasteiger partial charge in [-0.1, -0.05) is 49.4 Å². The van der Waals surface area contributed by atoms with Crippen LogP contribution in [-0.4, -0.2) is 17.9 Å². The van der Waals surface area contributed by atoms with Crippen molar-refractivity contribution in [1.82, 2.24) is 5.32 Å². The first-order valence-corrected chi connectivity index (χ1v) is 8.53. The molecule has 2 aromatic rings. The van der Waals surface area contributed by atoms with E-state index in [9.17, 15) is 4.79 Å². The third kappa shape index (κ3) is 2.26. The standard InChI is InChI=1S/C20H23NO/c1-2-19(22)20-17(12-16-9-10-18(20)21-16)15-8-7-13-5-3-4-6-14(13)11-15/h3-8,11,16-18,20-21H,2,9-10,12H2,1H3/t16-,17+,18+,20-/m0/s1. The van der Waals surface area contributed by atoms with Gasteiger partial charge in [-0.25, -0.2) is 0 Å². The quantitative estimate of drug-likeness (QED) is 0.925. The van der Waals surface area contributed by atoms with Gasteiger partial charge in [-0.05, 0) is 41.5 Å². The lowest BCUT2D eigenvalue weighted by Crippen LogP contribution is -2.47. The number of nitrogens with one attached hydrogen (secondary N) is 1. The van der Waals surface area contributed by atoms with Crippen LogP contribution in [0.5, 0.6) is 0 Å². The summed E-state index contributed by atoms with van der Waals surface area (Å²) in [6, 6.07) is 16.2. The summed E-state index contributed by atoms with van der Waals surface area (Å²) in [5, 5.41) is 6.24. The maximum atomic E-state index is 12.6. The second-order valence-electron chi connectivity index (χ2n) is 6.84. The predicted octanol–water partition coefficient (Wildman–Crippen LogP) is 4.04. The highest BCUT2D eigenvalue weighted by Crippen LogP contribution is 2.43. The van der Waals surface area contributed by atoms with Crippen molar-refractivity contribution in [2.45, 2.75) is 50.6 Å². The molecule has 0 aliphatic carbocycles. The van der Waals surface area contributed by atoms with E-state index in [1.54, 1.807) is 0 Å². The molecular formula is C20H23NO. The second-order valence-corrected chi connectivity index (χ2v) is 6.84. The fourth-order valence-electron chi connectivity index (χ4n) is 4.52. The van der Waals surface area contributed by atoms with Crippen molar-refractivity contribution in [3.63, 3.8) is 0 Å². The number of hydrogen-bond acceptors (Lipinski definition) is 2. The lowest BCUT2D eigenvalue weighted by Gasteiger charge is -2.37. The van der Waals surface area contributed by atoms with E-state index in [2.05, 4.69) is 47.8 Å². The fourth-order valence-corrected chi connectivity index (χ4v) is 4.52. The average molecular weight is 293 g/mol. The molecule has 0 amide bonds. The molecule has 114 valence electrons. The van der Waals surface area contributed by atoms with Gasteiger partial charge in [0.15, 0.2) is 0 Å². The summed E-state index contributed by atoms with van der Waals surface area (Å²) in [5.74, 6) is 0.969. The molecule has 2 aliphatic rings. The molecule has 0 aromatic heterocycles. The van der Waals surface area contributed by atoms with E-state index in [1.165, 1.54) is 22.8 Å². The molecule has 1 N–H and O–H groups in total. The van der Waals surface area contributed by atoms with Gasteiger partial charge < -0.3 is 5.32 Å². The Morgan fingerprint density at radius 3 is 2.77 bits per heavy atom. The predicted molar refractivity (Wildman–Crippen MR) is 90.0 cm³/mol. The lowest BCUT2D eigenvalue weighted by molar-refractivity contribution is -0.124. The van der Waals surface area contributed by atoms with Crippen LogP contribution < -0.4 is 5.32 Å². The summed E-state index contributed by atoms with van der Waals surface area (Å²) < 4.78 is 0. The molecule has 4 rings (SSSR count). The lowest BCUT2D eigenvalue weighted by atomic mass is 9.74. The van der Waals surface area contributed by atoms with E-state index in [0.717, 1.165) is 12.8 Å². The van der Waals surface area contributed by atoms with Gasteiger partial charge in [0.25, 0.3) is 0 Å². The smallest absolute Gasteiger partial charge is 0.137 e. The molecule has 0 saturated carbocycles. The van der Waals surface area contributed by atoms with Crippen molar-refractivity contribution >= 4 is 16.6 Å². The van der Waals surface area contributed by atoms with Gasteiger partial charge in [0.1, 0.15) is 5.78 Å². The molecule has 0 unspecified atom stereocenters. The third-order valence-electron chi connectivity index (χ3n) is 5.60. The summed E-state index contributed by atoms with van der Waals surface area (Å²) in [7, 11) is 0. The molecule has 2 heterocycles. The Kier molecular flexibility index (Phi) is 3.50. The zero-order chi connectivity index (χ0) is 15.1. The third-order valence-corrected chi connectivity index (χ3v) is 5.60. The van der Waals surface area contributed by atoms with Gasteiger partial charge in [0.2, 0.25) is 0 Å². The monoisotopic (exact) mass is 293 g/mol. The van der Waals surface area contributed by atoms with E-state index < -0.39 is 0 Å². The molecule has 0 spiro atoms. The van der Waals surface area contributed by atoms with Crippen LogP contribution in [0, 0.1) is 5.92 Å². The number of hydrogen-bond donors (Lipinski definition) is 1. The highest BCUT2D eigenvalue weighted by molar-refractivity contribution is 5.85. The van der Waals surface area contributed by atoms with E-state index in [-0.39, 0.29) is 5.92 Å². The number of piperidine rings is 1. The minimum Gasteiger partial charge on any atom is -0.310 e. The van der Waals surface area contributed by atoms with Gasteiger partial charge >= 0.3 is 0 Å². The normalized spacial score (nSPS) is 30.6. The molecule has 4 atom stereocenters.